The molecule has 6 nitrogen and oxygen atoms in total. The summed E-state index contributed by atoms with van der Waals surface area (Å²) in [5.41, 5.74) is 0.146. The van der Waals surface area contributed by atoms with Crippen LogP contribution < -0.4 is 10.6 Å². The highest BCUT2D eigenvalue weighted by Crippen LogP contribution is 2.33. The van der Waals surface area contributed by atoms with Gasteiger partial charge in [-0.15, -0.1) is 0 Å². The fraction of sp³-hybridized carbons (Fsp3) is 0.611. The van der Waals surface area contributed by atoms with Gasteiger partial charge >= 0.3 is 0 Å². The van der Waals surface area contributed by atoms with Crippen LogP contribution in [0.4, 0.5) is 10.1 Å². The van der Waals surface area contributed by atoms with Gasteiger partial charge in [-0.2, -0.15) is 0 Å². The van der Waals surface area contributed by atoms with Crippen molar-refractivity contribution in [2.45, 2.75) is 43.7 Å². The predicted octanol–water partition coefficient (Wildman–Crippen LogP) is 1.63. The third kappa shape index (κ3) is 3.71. The Labute approximate surface area is 154 Å². The molecule has 0 aliphatic carbocycles. The van der Waals surface area contributed by atoms with Gasteiger partial charge in [0, 0.05) is 25.4 Å². The Morgan fingerprint density at radius 3 is 2.65 bits per heavy atom. The Kier molecular flexibility index (Phi) is 5.00. The number of amides is 1. The maximum Gasteiger partial charge on any atom is 0.245 e. The van der Waals surface area contributed by atoms with E-state index in [1.807, 2.05) is 4.90 Å². The fourth-order valence-electron chi connectivity index (χ4n) is 3.91. The lowest BCUT2D eigenvalue weighted by atomic mass is 9.79. The SMILES string of the molecule is CC1(C)CNCCC1N1CCC(Nc2ccc(S(C)(=O)=O)cc2F)C1=O. The van der Waals surface area contributed by atoms with Crippen molar-refractivity contribution in [3.63, 3.8) is 0 Å². The summed E-state index contributed by atoms with van der Waals surface area (Å²) in [6.45, 7) is 6.70. The number of nitrogens with zero attached hydrogens (tertiary/aromatic N) is 1. The molecule has 2 unspecified atom stereocenters. The van der Waals surface area contributed by atoms with Gasteiger partial charge in [0.1, 0.15) is 11.9 Å². The van der Waals surface area contributed by atoms with E-state index in [4.69, 9.17) is 0 Å². The summed E-state index contributed by atoms with van der Waals surface area (Å²) < 4.78 is 37.3. The van der Waals surface area contributed by atoms with E-state index in [2.05, 4.69) is 24.5 Å². The molecule has 2 fully saturated rings. The Morgan fingerprint density at radius 1 is 1.31 bits per heavy atom. The number of carbonyl (C=O) groups is 1. The molecule has 144 valence electrons. The van der Waals surface area contributed by atoms with Crippen molar-refractivity contribution in [2.24, 2.45) is 5.41 Å². The molecule has 2 aliphatic rings. The van der Waals surface area contributed by atoms with Gasteiger partial charge in [-0.3, -0.25) is 4.79 Å². The van der Waals surface area contributed by atoms with Crippen LogP contribution in [-0.2, 0) is 14.6 Å². The molecule has 0 bridgehead atoms. The number of carbonyl (C=O) groups excluding carboxylic acids is 1. The van der Waals surface area contributed by atoms with E-state index in [1.165, 1.54) is 12.1 Å². The van der Waals surface area contributed by atoms with Gasteiger partial charge in [-0.25, -0.2) is 12.8 Å². The summed E-state index contributed by atoms with van der Waals surface area (Å²) >= 11 is 0. The molecular weight excluding hydrogens is 357 g/mol. The fourth-order valence-corrected chi connectivity index (χ4v) is 4.54. The van der Waals surface area contributed by atoms with Crippen molar-refractivity contribution in [1.82, 2.24) is 10.2 Å². The van der Waals surface area contributed by atoms with Gasteiger partial charge in [0.2, 0.25) is 5.91 Å². The van der Waals surface area contributed by atoms with Crippen LogP contribution in [0.3, 0.4) is 0 Å². The molecule has 2 aliphatic heterocycles. The van der Waals surface area contributed by atoms with Gasteiger partial charge in [-0.05, 0) is 43.0 Å². The van der Waals surface area contributed by atoms with E-state index in [1.54, 1.807) is 0 Å². The van der Waals surface area contributed by atoms with Crippen LogP contribution in [0.2, 0.25) is 0 Å². The van der Waals surface area contributed by atoms with E-state index in [9.17, 15) is 17.6 Å². The number of anilines is 1. The lowest BCUT2D eigenvalue weighted by Gasteiger charge is -2.44. The summed E-state index contributed by atoms with van der Waals surface area (Å²) in [5, 5.41) is 6.32. The summed E-state index contributed by atoms with van der Waals surface area (Å²) in [6, 6.07) is 3.41. The van der Waals surface area contributed by atoms with Crippen molar-refractivity contribution >= 4 is 21.4 Å². The highest BCUT2D eigenvalue weighted by molar-refractivity contribution is 7.90. The lowest BCUT2D eigenvalue weighted by molar-refractivity contribution is -0.133. The maximum atomic E-state index is 14.3. The zero-order chi connectivity index (χ0) is 19.1. The van der Waals surface area contributed by atoms with Crippen LogP contribution in [0.1, 0.15) is 26.7 Å². The molecule has 8 heteroatoms. The van der Waals surface area contributed by atoms with E-state index in [0.717, 1.165) is 31.8 Å². The first kappa shape index (κ1) is 19.1. The number of benzene rings is 1. The number of nitrogens with one attached hydrogen (secondary N) is 2. The van der Waals surface area contributed by atoms with Gasteiger partial charge in [0.15, 0.2) is 9.84 Å². The molecule has 1 aromatic carbocycles. The molecule has 0 saturated carbocycles. The van der Waals surface area contributed by atoms with E-state index in [-0.39, 0.29) is 27.9 Å². The highest BCUT2D eigenvalue weighted by atomic mass is 32.2. The maximum absolute atomic E-state index is 14.3. The van der Waals surface area contributed by atoms with Crippen LogP contribution >= 0.6 is 0 Å². The number of likely N-dealkylation sites (tertiary alicyclic amines) is 1. The van der Waals surface area contributed by atoms with Gasteiger partial charge < -0.3 is 15.5 Å². The predicted molar refractivity (Wildman–Crippen MR) is 98.3 cm³/mol. The molecule has 26 heavy (non-hydrogen) atoms. The number of piperidine rings is 1. The number of rotatable bonds is 4. The van der Waals surface area contributed by atoms with Gasteiger partial charge in [0.25, 0.3) is 0 Å². The topological polar surface area (TPSA) is 78.5 Å². The molecule has 2 saturated heterocycles. The minimum atomic E-state index is -3.47. The Morgan fingerprint density at radius 2 is 2.04 bits per heavy atom. The van der Waals surface area contributed by atoms with Crippen LogP contribution in [0.15, 0.2) is 23.1 Å². The third-order valence-electron chi connectivity index (χ3n) is 5.39. The van der Waals surface area contributed by atoms with Crippen molar-refractivity contribution in [2.75, 3.05) is 31.2 Å². The molecule has 0 aromatic heterocycles. The van der Waals surface area contributed by atoms with Crippen LogP contribution in [0, 0.1) is 11.2 Å². The molecule has 2 heterocycles. The van der Waals surface area contributed by atoms with Crippen LogP contribution in [0.5, 0.6) is 0 Å². The first-order chi connectivity index (χ1) is 12.1. The van der Waals surface area contributed by atoms with Crippen molar-refractivity contribution in [3.8, 4) is 0 Å². The minimum Gasteiger partial charge on any atom is -0.371 e. The summed E-state index contributed by atoms with van der Waals surface area (Å²) in [4.78, 5) is 14.7. The first-order valence-corrected chi connectivity index (χ1v) is 10.8. The van der Waals surface area contributed by atoms with Gasteiger partial charge in [0.05, 0.1) is 10.6 Å². The van der Waals surface area contributed by atoms with E-state index < -0.39 is 21.7 Å². The molecule has 0 spiro atoms. The molecule has 1 amide bonds. The average Bonchev–Trinajstić information content (AvgIpc) is 2.89. The minimum absolute atomic E-state index is 0.00875. The number of hydrogen-bond donors (Lipinski definition) is 2. The van der Waals surface area contributed by atoms with Crippen molar-refractivity contribution < 1.29 is 17.6 Å². The molecule has 1 aromatic rings. The average molecular weight is 383 g/mol. The largest absolute Gasteiger partial charge is 0.371 e. The number of halogens is 1. The quantitative estimate of drug-likeness (QED) is 0.826. The van der Waals surface area contributed by atoms with Crippen LogP contribution in [-0.4, -0.2) is 57.2 Å². The Hall–Kier alpha value is -1.67. The smallest absolute Gasteiger partial charge is 0.245 e. The zero-order valence-corrected chi connectivity index (χ0v) is 16.2. The monoisotopic (exact) mass is 383 g/mol. The van der Waals surface area contributed by atoms with Gasteiger partial charge in [-0.1, -0.05) is 13.8 Å². The standard InChI is InChI=1S/C18H26FN3O3S/c1-18(2)11-20-8-6-16(18)22-9-7-15(17(22)23)21-14-5-4-12(10-13(14)19)26(3,24)25/h4-5,10,15-16,20-21H,6-9,11H2,1-3H3. The summed E-state index contributed by atoms with van der Waals surface area (Å²) in [7, 11) is -3.47. The first-order valence-electron chi connectivity index (χ1n) is 8.87. The second-order valence-corrected chi connectivity index (χ2v) is 9.92. The molecule has 3 rings (SSSR count). The molecule has 2 atom stereocenters. The second-order valence-electron chi connectivity index (χ2n) is 7.90. The third-order valence-corrected chi connectivity index (χ3v) is 6.50. The zero-order valence-electron chi connectivity index (χ0n) is 15.4. The normalized spacial score (nSPS) is 26.2. The van der Waals surface area contributed by atoms with Crippen molar-refractivity contribution in [3.05, 3.63) is 24.0 Å². The van der Waals surface area contributed by atoms with Crippen molar-refractivity contribution in [1.29, 1.82) is 0 Å². The molecule has 0 radical (unpaired) electrons. The summed E-state index contributed by atoms with van der Waals surface area (Å²) in [6.07, 6.45) is 2.54. The Bertz CT molecular complexity index is 810. The number of sulfone groups is 1. The molecular formula is C18H26FN3O3S. The highest BCUT2D eigenvalue weighted by Gasteiger charge is 2.43. The molecule has 2 N–H and O–H groups in total. The second kappa shape index (κ2) is 6.81. The van der Waals surface area contributed by atoms with Crippen LogP contribution in [0.25, 0.3) is 0 Å². The summed E-state index contributed by atoms with van der Waals surface area (Å²) in [5.74, 6) is -0.682. The Balaban J connectivity index is 1.73. The van der Waals surface area contributed by atoms with E-state index >= 15 is 0 Å². The lowest BCUT2D eigenvalue weighted by Crippen LogP contribution is -2.55. The number of hydrogen-bond acceptors (Lipinski definition) is 5. The van der Waals surface area contributed by atoms with E-state index in [0.29, 0.717) is 13.0 Å².